The molecule has 0 fully saturated rings. The maximum absolute atomic E-state index is 11.2. The summed E-state index contributed by atoms with van der Waals surface area (Å²) in [5.41, 5.74) is 4.42. The minimum atomic E-state index is -0.214. The van der Waals surface area contributed by atoms with Crippen molar-refractivity contribution in [3.8, 4) is 0 Å². The van der Waals surface area contributed by atoms with Gasteiger partial charge in [-0.1, -0.05) is 18.2 Å². The van der Waals surface area contributed by atoms with Crippen molar-refractivity contribution in [3.63, 3.8) is 0 Å². The van der Waals surface area contributed by atoms with Crippen LogP contribution < -0.4 is 15.8 Å². The lowest BCUT2D eigenvalue weighted by atomic mass is 10.3. The topological polar surface area (TPSA) is 44.4 Å². The maximum Gasteiger partial charge on any atom is 0.338 e. The summed E-state index contributed by atoms with van der Waals surface area (Å²) in [7, 11) is 0. The zero-order valence-electron chi connectivity index (χ0n) is 7.82. The Morgan fingerprint density at radius 2 is 1.93 bits per heavy atom. The third-order valence-electron chi connectivity index (χ3n) is 1.89. The number of para-hydroxylation sites is 1. The van der Waals surface area contributed by atoms with Crippen molar-refractivity contribution in [3.05, 3.63) is 42.2 Å². The number of carbonyl (C=O) groups excluding carboxylic acids is 1. The number of urea groups is 1. The largest absolute Gasteiger partial charge is 0.338 e. The molecule has 2 amide bonds. The number of benzene rings is 1. The van der Waals surface area contributed by atoms with E-state index in [9.17, 15) is 4.79 Å². The zero-order chi connectivity index (χ0) is 9.97. The van der Waals surface area contributed by atoms with Gasteiger partial charge in [-0.3, -0.25) is 5.01 Å². The molecule has 0 saturated heterocycles. The van der Waals surface area contributed by atoms with Crippen LogP contribution in [-0.2, 0) is 0 Å². The van der Waals surface area contributed by atoms with Gasteiger partial charge in [-0.05, 0) is 19.1 Å². The Kier molecular flexibility index (Phi) is 2.10. The Hall–Kier alpha value is -1.97. The number of nitrogens with zero attached hydrogens (tertiary/aromatic N) is 1. The predicted octanol–water partition coefficient (Wildman–Crippen LogP) is 1.58. The number of amides is 2. The predicted molar refractivity (Wildman–Crippen MR) is 54.3 cm³/mol. The number of anilines is 1. The molecule has 0 aliphatic carbocycles. The first-order chi connectivity index (χ1) is 6.75. The van der Waals surface area contributed by atoms with E-state index in [1.807, 2.05) is 43.5 Å². The lowest BCUT2D eigenvalue weighted by Gasteiger charge is -2.26. The summed E-state index contributed by atoms with van der Waals surface area (Å²) in [5, 5.41) is 4.34. The van der Waals surface area contributed by atoms with E-state index < -0.39 is 0 Å². The van der Waals surface area contributed by atoms with E-state index in [1.165, 1.54) is 0 Å². The number of rotatable bonds is 1. The quantitative estimate of drug-likeness (QED) is 0.704. The normalized spacial score (nSPS) is 15.6. The van der Waals surface area contributed by atoms with Gasteiger partial charge in [-0.15, -0.1) is 0 Å². The lowest BCUT2D eigenvalue weighted by molar-refractivity contribution is 0.242. The van der Waals surface area contributed by atoms with E-state index in [0.717, 1.165) is 11.4 Å². The molecule has 0 radical (unpaired) electrons. The highest BCUT2D eigenvalue weighted by Crippen LogP contribution is 2.13. The SMILES string of the molecule is CC1=CN(c2ccccc2)NC(=O)N1. The molecule has 1 aromatic carbocycles. The molecule has 4 nitrogen and oxygen atoms in total. The Balaban J connectivity index is 2.28. The van der Waals surface area contributed by atoms with Crippen LogP contribution in [-0.4, -0.2) is 6.03 Å². The number of nitrogens with one attached hydrogen (secondary N) is 2. The number of hydrazine groups is 1. The van der Waals surface area contributed by atoms with Gasteiger partial charge >= 0.3 is 6.03 Å². The molecule has 14 heavy (non-hydrogen) atoms. The summed E-state index contributed by atoms with van der Waals surface area (Å²) < 4.78 is 0. The smallest absolute Gasteiger partial charge is 0.309 e. The maximum atomic E-state index is 11.2. The zero-order valence-corrected chi connectivity index (χ0v) is 7.82. The van der Waals surface area contributed by atoms with Crippen molar-refractivity contribution in [1.29, 1.82) is 0 Å². The van der Waals surface area contributed by atoms with Gasteiger partial charge in [-0.25, -0.2) is 10.2 Å². The van der Waals surface area contributed by atoms with Gasteiger partial charge in [0.15, 0.2) is 0 Å². The lowest BCUT2D eigenvalue weighted by Crippen LogP contribution is -2.48. The molecule has 2 N–H and O–H groups in total. The molecule has 0 saturated carbocycles. The molecule has 1 aromatic rings. The molecule has 0 unspecified atom stereocenters. The van der Waals surface area contributed by atoms with Crippen LogP contribution in [0.25, 0.3) is 0 Å². The molecular weight excluding hydrogens is 178 g/mol. The summed E-state index contributed by atoms with van der Waals surface area (Å²) in [6, 6.07) is 9.42. The first-order valence-corrected chi connectivity index (χ1v) is 4.36. The van der Waals surface area contributed by atoms with E-state index >= 15 is 0 Å². The molecule has 2 rings (SSSR count). The van der Waals surface area contributed by atoms with Crippen LogP contribution in [0.5, 0.6) is 0 Å². The second-order valence-electron chi connectivity index (χ2n) is 3.08. The van der Waals surface area contributed by atoms with Crippen LogP contribution in [0.1, 0.15) is 6.92 Å². The minimum absolute atomic E-state index is 0.214. The van der Waals surface area contributed by atoms with Crippen LogP contribution in [0.15, 0.2) is 42.2 Å². The van der Waals surface area contributed by atoms with Crippen LogP contribution in [0, 0.1) is 0 Å². The number of hydrogen-bond donors (Lipinski definition) is 2. The second-order valence-corrected chi connectivity index (χ2v) is 3.08. The highest BCUT2D eigenvalue weighted by atomic mass is 16.2. The van der Waals surface area contributed by atoms with Crippen molar-refractivity contribution >= 4 is 11.7 Å². The third-order valence-corrected chi connectivity index (χ3v) is 1.89. The van der Waals surface area contributed by atoms with E-state index in [2.05, 4.69) is 10.7 Å². The summed E-state index contributed by atoms with van der Waals surface area (Å²) in [5.74, 6) is 0. The first kappa shape index (κ1) is 8.62. The van der Waals surface area contributed by atoms with E-state index in [0.29, 0.717) is 0 Å². The molecule has 1 heterocycles. The Morgan fingerprint density at radius 1 is 1.21 bits per heavy atom. The van der Waals surface area contributed by atoms with Crippen LogP contribution in [0.3, 0.4) is 0 Å². The van der Waals surface area contributed by atoms with Gasteiger partial charge in [0.25, 0.3) is 0 Å². The highest BCUT2D eigenvalue weighted by Gasteiger charge is 2.13. The number of hydrogen-bond acceptors (Lipinski definition) is 2. The first-order valence-electron chi connectivity index (χ1n) is 4.36. The fraction of sp³-hybridized carbons (Fsp3) is 0.100. The average molecular weight is 189 g/mol. The highest BCUT2D eigenvalue weighted by molar-refractivity contribution is 5.80. The summed E-state index contributed by atoms with van der Waals surface area (Å²) in [4.78, 5) is 11.2. The Bertz CT molecular complexity index is 372. The minimum Gasteiger partial charge on any atom is -0.309 e. The summed E-state index contributed by atoms with van der Waals surface area (Å²) in [6.45, 7) is 1.84. The van der Waals surface area contributed by atoms with Gasteiger partial charge in [0.05, 0.1) is 5.69 Å². The monoisotopic (exact) mass is 189 g/mol. The average Bonchev–Trinajstić information content (AvgIpc) is 2.18. The van der Waals surface area contributed by atoms with Crippen LogP contribution >= 0.6 is 0 Å². The molecule has 0 aromatic heterocycles. The molecule has 0 atom stereocenters. The van der Waals surface area contributed by atoms with Crippen molar-refractivity contribution < 1.29 is 4.79 Å². The van der Waals surface area contributed by atoms with Crippen LogP contribution in [0.2, 0.25) is 0 Å². The van der Waals surface area contributed by atoms with E-state index in [4.69, 9.17) is 0 Å². The summed E-state index contributed by atoms with van der Waals surface area (Å²) in [6.07, 6.45) is 1.83. The Labute approximate surface area is 82.2 Å². The van der Waals surface area contributed by atoms with Gasteiger partial charge in [0.1, 0.15) is 0 Å². The third kappa shape index (κ3) is 1.69. The van der Waals surface area contributed by atoms with E-state index in [-0.39, 0.29) is 6.03 Å². The molecule has 0 spiro atoms. The fourth-order valence-corrected chi connectivity index (χ4v) is 1.30. The van der Waals surface area contributed by atoms with Crippen molar-refractivity contribution in [2.24, 2.45) is 0 Å². The van der Waals surface area contributed by atoms with E-state index in [1.54, 1.807) is 5.01 Å². The standard InChI is InChI=1S/C10H11N3O/c1-8-7-13(12-10(14)11-8)9-5-3-2-4-6-9/h2-7H,1H3,(H2,11,12,14). The van der Waals surface area contributed by atoms with Gasteiger partial charge in [-0.2, -0.15) is 0 Å². The second kappa shape index (κ2) is 3.41. The van der Waals surface area contributed by atoms with Crippen LogP contribution in [0.4, 0.5) is 10.5 Å². The molecule has 1 aliphatic rings. The molecule has 4 heteroatoms. The molecular formula is C10H11N3O. The number of allylic oxidation sites excluding steroid dienone is 1. The summed E-state index contributed by atoms with van der Waals surface area (Å²) >= 11 is 0. The Morgan fingerprint density at radius 3 is 2.57 bits per heavy atom. The fourth-order valence-electron chi connectivity index (χ4n) is 1.30. The number of carbonyl (C=O) groups is 1. The molecule has 1 aliphatic heterocycles. The van der Waals surface area contributed by atoms with Gasteiger partial charge in [0.2, 0.25) is 0 Å². The van der Waals surface area contributed by atoms with Gasteiger partial charge < -0.3 is 5.32 Å². The van der Waals surface area contributed by atoms with Crippen molar-refractivity contribution in [2.75, 3.05) is 5.01 Å². The van der Waals surface area contributed by atoms with Gasteiger partial charge in [0, 0.05) is 11.9 Å². The molecule has 72 valence electrons. The molecule has 0 bridgehead atoms. The van der Waals surface area contributed by atoms with Crippen molar-refractivity contribution in [1.82, 2.24) is 10.7 Å². The van der Waals surface area contributed by atoms with Crippen molar-refractivity contribution in [2.45, 2.75) is 6.92 Å².